The van der Waals surface area contributed by atoms with E-state index in [1.807, 2.05) is 31.2 Å². The summed E-state index contributed by atoms with van der Waals surface area (Å²) in [6.45, 7) is 6.81. The number of ether oxygens (including phenoxy) is 2. The van der Waals surface area contributed by atoms with E-state index in [4.69, 9.17) is 9.47 Å². The molecule has 2 aliphatic rings. The molecule has 1 amide bonds. The highest BCUT2D eigenvalue weighted by molar-refractivity contribution is 5.94. The van der Waals surface area contributed by atoms with Crippen molar-refractivity contribution in [2.45, 2.75) is 13.0 Å². The fourth-order valence-electron chi connectivity index (χ4n) is 3.62. The first-order chi connectivity index (χ1) is 14.2. The van der Waals surface area contributed by atoms with Crippen LogP contribution < -0.4 is 14.8 Å². The number of hydrogen-bond donors (Lipinski definition) is 1. The van der Waals surface area contributed by atoms with E-state index in [2.05, 4.69) is 51.5 Å². The third-order valence-corrected chi connectivity index (χ3v) is 5.45. The lowest BCUT2D eigenvalue weighted by Crippen LogP contribution is -2.52. The zero-order chi connectivity index (χ0) is 20.1. The van der Waals surface area contributed by atoms with Gasteiger partial charge in [0.05, 0.1) is 6.04 Å². The van der Waals surface area contributed by atoms with Crippen molar-refractivity contribution in [3.05, 3.63) is 60.2 Å². The van der Waals surface area contributed by atoms with Crippen LogP contribution in [0.15, 0.2) is 54.6 Å². The quantitative estimate of drug-likeness (QED) is 0.818. The second kappa shape index (κ2) is 9.11. The molecule has 4 rings (SSSR count). The molecule has 0 spiro atoms. The number of benzene rings is 2. The number of piperazine rings is 1. The summed E-state index contributed by atoms with van der Waals surface area (Å²) in [6, 6.07) is 15.6. The number of nitrogens with zero attached hydrogens (tertiary/aromatic N) is 2. The van der Waals surface area contributed by atoms with Gasteiger partial charge in [-0.1, -0.05) is 42.5 Å². The first-order valence-corrected chi connectivity index (χ1v) is 10.1. The van der Waals surface area contributed by atoms with Gasteiger partial charge in [0, 0.05) is 44.5 Å². The van der Waals surface area contributed by atoms with E-state index in [0.29, 0.717) is 11.5 Å². The molecular formula is C23H27N3O3. The van der Waals surface area contributed by atoms with Crippen LogP contribution in [-0.4, -0.2) is 61.3 Å². The zero-order valence-corrected chi connectivity index (χ0v) is 16.7. The molecule has 1 fully saturated rings. The first-order valence-electron chi connectivity index (χ1n) is 10.1. The van der Waals surface area contributed by atoms with Crippen LogP contribution in [-0.2, 0) is 4.79 Å². The lowest BCUT2D eigenvalue weighted by Gasteiger charge is -2.37. The molecule has 2 aliphatic heterocycles. The SMILES string of the molecule is C[C@H](C(=O)Nc1ccc2c(c1)OCO2)N1CCN(C/C=C/c2ccccc2)CC1. The van der Waals surface area contributed by atoms with Gasteiger partial charge >= 0.3 is 0 Å². The van der Waals surface area contributed by atoms with E-state index >= 15 is 0 Å². The summed E-state index contributed by atoms with van der Waals surface area (Å²) in [5, 5.41) is 2.99. The van der Waals surface area contributed by atoms with Crippen LogP contribution in [0.3, 0.4) is 0 Å². The Morgan fingerprint density at radius 2 is 1.83 bits per heavy atom. The molecule has 0 bridgehead atoms. The first kappa shape index (κ1) is 19.5. The molecule has 0 aromatic heterocycles. The Balaban J connectivity index is 1.23. The maximum atomic E-state index is 12.7. The molecule has 1 N–H and O–H groups in total. The molecule has 2 heterocycles. The van der Waals surface area contributed by atoms with Crippen molar-refractivity contribution in [2.75, 3.05) is 44.8 Å². The van der Waals surface area contributed by atoms with Gasteiger partial charge in [0.1, 0.15) is 0 Å². The standard InChI is InChI=1S/C23H27N3O3/c1-18(23(27)24-20-9-10-21-22(16-20)29-17-28-21)26-14-12-25(13-15-26)11-5-8-19-6-3-2-4-7-19/h2-10,16,18H,11-15,17H2,1H3,(H,24,27)/b8-5+/t18-/m1/s1. The molecule has 152 valence electrons. The summed E-state index contributed by atoms with van der Waals surface area (Å²) < 4.78 is 10.7. The number of fused-ring (bicyclic) bond motifs is 1. The fraction of sp³-hybridized carbons (Fsp3) is 0.348. The average Bonchev–Trinajstić information content (AvgIpc) is 3.22. The number of carbonyl (C=O) groups is 1. The number of amides is 1. The number of anilines is 1. The maximum Gasteiger partial charge on any atom is 0.241 e. The Hall–Kier alpha value is -2.83. The second-order valence-electron chi connectivity index (χ2n) is 7.38. The lowest BCUT2D eigenvalue weighted by atomic mass is 10.2. The Kier molecular flexibility index (Phi) is 6.12. The van der Waals surface area contributed by atoms with E-state index in [1.54, 1.807) is 0 Å². The van der Waals surface area contributed by atoms with Crippen LogP contribution in [0.4, 0.5) is 5.69 Å². The van der Waals surface area contributed by atoms with Gasteiger partial charge < -0.3 is 14.8 Å². The topological polar surface area (TPSA) is 54.0 Å². The molecule has 1 atom stereocenters. The van der Waals surface area contributed by atoms with Gasteiger partial charge in [0.25, 0.3) is 0 Å². The third kappa shape index (κ3) is 4.96. The molecule has 0 radical (unpaired) electrons. The molecule has 6 heteroatoms. The van der Waals surface area contributed by atoms with Crippen molar-refractivity contribution in [1.82, 2.24) is 9.80 Å². The highest BCUT2D eigenvalue weighted by Crippen LogP contribution is 2.34. The number of nitrogens with one attached hydrogen (secondary N) is 1. The Morgan fingerprint density at radius 1 is 1.07 bits per heavy atom. The van der Waals surface area contributed by atoms with Crippen LogP contribution in [0, 0.1) is 0 Å². The molecule has 29 heavy (non-hydrogen) atoms. The van der Waals surface area contributed by atoms with E-state index in [-0.39, 0.29) is 18.7 Å². The molecule has 0 aliphatic carbocycles. The van der Waals surface area contributed by atoms with Crippen molar-refractivity contribution < 1.29 is 14.3 Å². The van der Waals surface area contributed by atoms with Crippen LogP contribution in [0.5, 0.6) is 11.5 Å². The van der Waals surface area contributed by atoms with Crippen molar-refractivity contribution in [3.63, 3.8) is 0 Å². The van der Waals surface area contributed by atoms with Crippen LogP contribution >= 0.6 is 0 Å². The summed E-state index contributed by atoms with van der Waals surface area (Å²) in [5.41, 5.74) is 1.95. The number of hydrogen-bond acceptors (Lipinski definition) is 5. The highest BCUT2D eigenvalue weighted by atomic mass is 16.7. The van der Waals surface area contributed by atoms with Crippen molar-refractivity contribution in [1.29, 1.82) is 0 Å². The zero-order valence-electron chi connectivity index (χ0n) is 16.7. The Morgan fingerprint density at radius 3 is 2.62 bits per heavy atom. The molecule has 2 aromatic rings. The summed E-state index contributed by atoms with van der Waals surface area (Å²) in [4.78, 5) is 17.3. The van der Waals surface area contributed by atoms with E-state index in [0.717, 1.165) is 38.4 Å². The predicted octanol–water partition coefficient (Wildman–Crippen LogP) is 3.07. The van der Waals surface area contributed by atoms with Crippen molar-refractivity contribution in [2.24, 2.45) is 0 Å². The van der Waals surface area contributed by atoms with Crippen molar-refractivity contribution in [3.8, 4) is 11.5 Å². The number of carbonyl (C=O) groups excluding carboxylic acids is 1. The maximum absolute atomic E-state index is 12.7. The van der Waals surface area contributed by atoms with Crippen molar-refractivity contribution >= 4 is 17.7 Å². The Labute approximate surface area is 171 Å². The number of rotatable bonds is 6. The molecule has 1 saturated heterocycles. The van der Waals surface area contributed by atoms with Gasteiger partial charge in [-0.05, 0) is 24.6 Å². The van der Waals surface area contributed by atoms with Gasteiger partial charge in [-0.25, -0.2) is 0 Å². The minimum Gasteiger partial charge on any atom is -0.454 e. The summed E-state index contributed by atoms with van der Waals surface area (Å²) in [5.74, 6) is 1.39. The summed E-state index contributed by atoms with van der Waals surface area (Å²) in [6.07, 6.45) is 4.37. The van der Waals surface area contributed by atoms with Crippen LogP contribution in [0.25, 0.3) is 6.08 Å². The largest absolute Gasteiger partial charge is 0.454 e. The molecule has 0 unspecified atom stereocenters. The van der Waals surface area contributed by atoms with Gasteiger partial charge in [-0.2, -0.15) is 0 Å². The Bertz CT molecular complexity index is 861. The monoisotopic (exact) mass is 393 g/mol. The molecule has 6 nitrogen and oxygen atoms in total. The second-order valence-corrected chi connectivity index (χ2v) is 7.38. The van der Waals surface area contributed by atoms with Gasteiger partial charge in [0.15, 0.2) is 11.5 Å². The van der Waals surface area contributed by atoms with E-state index in [1.165, 1.54) is 5.56 Å². The van der Waals surface area contributed by atoms with Gasteiger partial charge in [-0.15, -0.1) is 0 Å². The normalized spacial score (nSPS) is 18.1. The minimum atomic E-state index is -0.178. The summed E-state index contributed by atoms with van der Waals surface area (Å²) >= 11 is 0. The minimum absolute atomic E-state index is 0.00119. The fourth-order valence-corrected chi connectivity index (χ4v) is 3.62. The molecule has 0 saturated carbocycles. The van der Waals surface area contributed by atoms with Crippen LogP contribution in [0.2, 0.25) is 0 Å². The van der Waals surface area contributed by atoms with Gasteiger partial charge in [0.2, 0.25) is 12.7 Å². The van der Waals surface area contributed by atoms with E-state index < -0.39 is 0 Å². The smallest absolute Gasteiger partial charge is 0.241 e. The predicted molar refractivity (Wildman–Crippen MR) is 114 cm³/mol. The summed E-state index contributed by atoms with van der Waals surface area (Å²) in [7, 11) is 0. The average molecular weight is 393 g/mol. The van der Waals surface area contributed by atoms with Crippen LogP contribution in [0.1, 0.15) is 12.5 Å². The highest BCUT2D eigenvalue weighted by Gasteiger charge is 2.25. The third-order valence-electron chi connectivity index (χ3n) is 5.45. The van der Waals surface area contributed by atoms with E-state index in [9.17, 15) is 4.79 Å². The lowest BCUT2D eigenvalue weighted by molar-refractivity contribution is -0.121. The molecular weight excluding hydrogens is 366 g/mol. The molecule has 2 aromatic carbocycles. The van der Waals surface area contributed by atoms with Gasteiger partial charge in [-0.3, -0.25) is 14.6 Å².